The molecule has 0 aliphatic carbocycles. The van der Waals surface area contributed by atoms with Crippen molar-refractivity contribution in [1.29, 1.82) is 0 Å². The Kier molecular flexibility index (Phi) is 6.25. The number of halogens is 1. The van der Waals surface area contributed by atoms with Crippen molar-refractivity contribution in [2.24, 2.45) is 0 Å². The molecule has 0 radical (unpaired) electrons. The molecule has 0 saturated heterocycles. The van der Waals surface area contributed by atoms with Gasteiger partial charge in [-0.3, -0.25) is 0 Å². The maximum atomic E-state index is 5.29. The SMILES string of the molecule is COc1cc(C)[c-]c2ccccc12.[Br-].[Mg+2]. The van der Waals surface area contributed by atoms with Gasteiger partial charge in [0.1, 0.15) is 0 Å². The molecule has 0 fully saturated rings. The Hall–Kier alpha value is -0.254. The summed E-state index contributed by atoms with van der Waals surface area (Å²) in [5.74, 6) is 0.923. The Bertz CT molecular complexity index is 443. The van der Waals surface area contributed by atoms with Crippen molar-refractivity contribution < 1.29 is 21.7 Å². The predicted octanol–water partition coefficient (Wildman–Crippen LogP) is -0.420. The van der Waals surface area contributed by atoms with E-state index in [0.717, 1.165) is 22.1 Å². The van der Waals surface area contributed by atoms with E-state index in [1.54, 1.807) is 7.11 Å². The molecule has 0 aliphatic heterocycles. The topological polar surface area (TPSA) is 9.23 Å². The summed E-state index contributed by atoms with van der Waals surface area (Å²) in [7, 11) is 1.70. The van der Waals surface area contributed by atoms with Crippen LogP contribution in [0.1, 0.15) is 5.56 Å². The first-order valence-corrected chi connectivity index (χ1v) is 4.27. The smallest absolute Gasteiger partial charge is 1.00 e. The normalized spacial score (nSPS) is 8.93. The minimum absolute atomic E-state index is 0. The third-order valence-corrected chi connectivity index (χ3v) is 2.09. The fourth-order valence-corrected chi connectivity index (χ4v) is 1.50. The first-order chi connectivity index (χ1) is 6.31. The van der Waals surface area contributed by atoms with Crippen molar-refractivity contribution in [2.45, 2.75) is 6.92 Å². The van der Waals surface area contributed by atoms with Gasteiger partial charge >= 0.3 is 23.1 Å². The zero-order chi connectivity index (χ0) is 9.26. The molecule has 0 heterocycles. The van der Waals surface area contributed by atoms with Crippen LogP contribution in [0.3, 0.4) is 0 Å². The van der Waals surface area contributed by atoms with Crippen LogP contribution in [0.2, 0.25) is 0 Å². The van der Waals surface area contributed by atoms with Crippen LogP contribution >= 0.6 is 0 Å². The van der Waals surface area contributed by atoms with E-state index in [1.807, 2.05) is 37.3 Å². The van der Waals surface area contributed by atoms with Crippen molar-refractivity contribution in [2.75, 3.05) is 7.11 Å². The number of hydrogen-bond acceptors (Lipinski definition) is 1. The van der Waals surface area contributed by atoms with Gasteiger partial charge in [0.2, 0.25) is 0 Å². The van der Waals surface area contributed by atoms with E-state index in [-0.39, 0.29) is 40.0 Å². The van der Waals surface area contributed by atoms with E-state index in [4.69, 9.17) is 4.74 Å². The van der Waals surface area contributed by atoms with E-state index in [2.05, 4.69) is 6.07 Å². The van der Waals surface area contributed by atoms with E-state index in [1.165, 1.54) is 0 Å². The first kappa shape index (κ1) is 14.7. The quantitative estimate of drug-likeness (QED) is 0.507. The minimum atomic E-state index is 0. The second-order valence-electron chi connectivity index (χ2n) is 3.07. The van der Waals surface area contributed by atoms with Crippen LogP contribution in [0.4, 0.5) is 0 Å². The number of fused-ring (bicyclic) bond motifs is 1. The molecule has 1 nitrogen and oxygen atoms in total. The zero-order valence-electron chi connectivity index (χ0n) is 8.88. The van der Waals surface area contributed by atoms with Gasteiger partial charge in [0.15, 0.2) is 0 Å². The number of ether oxygens (including phenoxy) is 1. The van der Waals surface area contributed by atoms with E-state index < -0.39 is 0 Å². The summed E-state index contributed by atoms with van der Waals surface area (Å²) in [5, 5.41) is 2.23. The molecule has 74 valence electrons. The Labute approximate surface area is 117 Å². The molecule has 0 saturated carbocycles. The predicted molar refractivity (Wildman–Crippen MR) is 59.8 cm³/mol. The minimum Gasteiger partial charge on any atom is -1.00 e. The Morgan fingerprint density at radius 3 is 2.53 bits per heavy atom. The van der Waals surface area contributed by atoms with Gasteiger partial charge < -0.3 is 21.7 Å². The van der Waals surface area contributed by atoms with E-state index in [9.17, 15) is 0 Å². The molecule has 0 aromatic heterocycles. The Morgan fingerprint density at radius 2 is 1.87 bits per heavy atom. The average Bonchev–Trinajstić information content (AvgIpc) is 2.16. The van der Waals surface area contributed by atoms with Crippen LogP contribution in [0.25, 0.3) is 10.8 Å². The molecule has 0 amide bonds. The maximum Gasteiger partial charge on any atom is 2.00 e. The van der Waals surface area contributed by atoms with Gasteiger partial charge in [-0.25, -0.2) is 0 Å². The van der Waals surface area contributed by atoms with Gasteiger partial charge in [0.05, 0.1) is 7.11 Å². The van der Waals surface area contributed by atoms with Crippen LogP contribution in [0.15, 0.2) is 30.3 Å². The summed E-state index contributed by atoms with van der Waals surface area (Å²) >= 11 is 0. The molecule has 0 N–H and O–H groups in total. The Balaban J connectivity index is 0.000000980. The third kappa shape index (κ3) is 3.10. The van der Waals surface area contributed by atoms with Crippen LogP contribution in [0.5, 0.6) is 5.75 Å². The molecule has 15 heavy (non-hydrogen) atoms. The maximum absolute atomic E-state index is 5.29. The summed E-state index contributed by atoms with van der Waals surface area (Å²) < 4.78 is 5.29. The molecule has 0 unspecified atom stereocenters. The number of methoxy groups -OCH3 is 1. The van der Waals surface area contributed by atoms with Gasteiger partial charge in [-0.1, -0.05) is 30.5 Å². The van der Waals surface area contributed by atoms with Crippen LogP contribution in [0, 0.1) is 13.0 Å². The summed E-state index contributed by atoms with van der Waals surface area (Å²) in [6, 6.07) is 13.4. The van der Waals surface area contributed by atoms with Crippen molar-refractivity contribution in [3.05, 3.63) is 42.0 Å². The fraction of sp³-hybridized carbons (Fsp3) is 0.167. The number of rotatable bonds is 1. The van der Waals surface area contributed by atoms with Crippen molar-refractivity contribution in [3.8, 4) is 5.75 Å². The monoisotopic (exact) mass is 274 g/mol. The molecule has 2 aromatic rings. The van der Waals surface area contributed by atoms with Crippen molar-refractivity contribution in [3.63, 3.8) is 0 Å². The van der Waals surface area contributed by atoms with Crippen LogP contribution in [-0.4, -0.2) is 30.2 Å². The van der Waals surface area contributed by atoms with Gasteiger partial charge in [0.25, 0.3) is 0 Å². The third-order valence-electron chi connectivity index (χ3n) is 2.09. The molecular weight excluding hydrogens is 264 g/mol. The molecule has 0 aliphatic rings. The number of aryl methyl sites for hydroxylation is 1. The van der Waals surface area contributed by atoms with Gasteiger partial charge in [-0.05, 0) is 0 Å². The number of hydrogen-bond donors (Lipinski definition) is 0. The van der Waals surface area contributed by atoms with Gasteiger partial charge in [-0.2, -0.15) is 0 Å². The van der Waals surface area contributed by atoms with Crippen molar-refractivity contribution >= 4 is 33.8 Å². The molecule has 0 bridgehead atoms. The largest absolute Gasteiger partial charge is 2.00 e. The second-order valence-corrected chi connectivity index (χ2v) is 3.07. The van der Waals surface area contributed by atoms with E-state index >= 15 is 0 Å². The summed E-state index contributed by atoms with van der Waals surface area (Å²) in [4.78, 5) is 0. The van der Waals surface area contributed by atoms with Crippen molar-refractivity contribution in [1.82, 2.24) is 0 Å². The summed E-state index contributed by atoms with van der Waals surface area (Å²) in [6.07, 6.45) is 0. The summed E-state index contributed by atoms with van der Waals surface area (Å²) in [5.41, 5.74) is 1.11. The number of benzene rings is 2. The molecule has 2 aromatic carbocycles. The van der Waals surface area contributed by atoms with Gasteiger partial charge in [0, 0.05) is 5.75 Å². The molecule has 3 heteroatoms. The first-order valence-electron chi connectivity index (χ1n) is 4.27. The van der Waals surface area contributed by atoms with Crippen LogP contribution in [-0.2, 0) is 0 Å². The fourth-order valence-electron chi connectivity index (χ4n) is 1.50. The van der Waals surface area contributed by atoms with E-state index in [0.29, 0.717) is 0 Å². The van der Waals surface area contributed by atoms with Gasteiger partial charge in [-0.15, -0.1) is 29.1 Å². The Morgan fingerprint density at radius 1 is 1.20 bits per heavy atom. The second kappa shape index (κ2) is 6.36. The standard InChI is InChI=1S/C12H11O.BrH.Mg/c1-9-7-10-5-3-4-6-11(10)12(8-9)13-2;;/h3-6,8H,1-2H3;1H;/q-1;;+2/p-1. The van der Waals surface area contributed by atoms with Crippen LogP contribution < -0.4 is 21.7 Å². The zero-order valence-corrected chi connectivity index (χ0v) is 11.9. The molecule has 0 spiro atoms. The summed E-state index contributed by atoms with van der Waals surface area (Å²) in [6.45, 7) is 2.02. The molecular formula is C12H11BrMgO. The molecule has 0 atom stereocenters. The molecule has 2 rings (SSSR count). The average molecular weight is 275 g/mol.